The Labute approximate surface area is 111 Å². The van der Waals surface area contributed by atoms with Crippen LogP contribution in [0.2, 0.25) is 5.02 Å². The van der Waals surface area contributed by atoms with Crippen LogP contribution in [0.3, 0.4) is 0 Å². The molecule has 1 aromatic heterocycles. The van der Waals surface area contributed by atoms with Crippen molar-refractivity contribution in [3.8, 4) is 0 Å². The van der Waals surface area contributed by atoms with Gasteiger partial charge < -0.3 is 10.3 Å². The van der Waals surface area contributed by atoms with Crippen molar-refractivity contribution < 1.29 is 0 Å². The number of hydrogen-bond acceptors (Lipinski definition) is 4. The van der Waals surface area contributed by atoms with Gasteiger partial charge in [-0.2, -0.15) is 0 Å². The standard InChI is InChI=1S/C13H15ClN4/c1-18(9-10-2-4-11(14)5-3-10)12-6-7-16-13(8-12)17-15/h2-8H,9,15H2,1H3,(H,16,17). The number of nitrogens with two attached hydrogens (primary N) is 1. The zero-order chi connectivity index (χ0) is 13.0. The van der Waals surface area contributed by atoms with E-state index >= 15 is 0 Å². The average molecular weight is 263 g/mol. The highest BCUT2D eigenvalue weighted by atomic mass is 35.5. The Morgan fingerprint density at radius 2 is 2.00 bits per heavy atom. The second-order valence-corrected chi connectivity index (χ2v) is 4.46. The summed E-state index contributed by atoms with van der Waals surface area (Å²) in [6, 6.07) is 11.7. The van der Waals surface area contributed by atoms with Gasteiger partial charge in [0, 0.05) is 36.6 Å². The summed E-state index contributed by atoms with van der Waals surface area (Å²) in [5.74, 6) is 5.99. The number of benzene rings is 1. The number of nitrogens with zero attached hydrogens (tertiary/aromatic N) is 2. The molecule has 5 heteroatoms. The summed E-state index contributed by atoms with van der Waals surface area (Å²) in [5, 5.41) is 0.750. The molecule has 0 amide bonds. The number of aromatic nitrogens is 1. The number of hydrogen-bond donors (Lipinski definition) is 2. The summed E-state index contributed by atoms with van der Waals surface area (Å²) in [6.45, 7) is 0.797. The molecule has 3 N–H and O–H groups in total. The molecule has 18 heavy (non-hydrogen) atoms. The van der Waals surface area contributed by atoms with E-state index in [1.165, 1.54) is 5.56 Å². The lowest BCUT2D eigenvalue weighted by Crippen LogP contribution is -2.17. The van der Waals surface area contributed by atoms with E-state index in [0.29, 0.717) is 5.82 Å². The number of hydrazine groups is 1. The second kappa shape index (κ2) is 5.71. The highest BCUT2D eigenvalue weighted by Gasteiger charge is 2.03. The molecule has 0 aliphatic carbocycles. The van der Waals surface area contributed by atoms with Gasteiger partial charge in [-0.05, 0) is 23.8 Å². The Hall–Kier alpha value is -1.78. The quantitative estimate of drug-likeness (QED) is 0.657. The van der Waals surface area contributed by atoms with Crippen LogP contribution < -0.4 is 16.2 Å². The van der Waals surface area contributed by atoms with Gasteiger partial charge in [0.25, 0.3) is 0 Å². The molecule has 0 atom stereocenters. The molecule has 1 aromatic carbocycles. The third kappa shape index (κ3) is 3.12. The second-order valence-electron chi connectivity index (χ2n) is 4.03. The Balaban J connectivity index is 2.11. The molecule has 1 heterocycles. The van der Waals surface area contributed by atoms with Crippen LogP contribution in [0, 0.1) is 0 Å². The van der Waals surface area contributed by atoms with Crippen molar-refractivity contribution in [3.05, 3.63) is 53.2 Å². The van der Waals surface area contributed by atoms with Crippen LogP contribution in [0.1, 0.15) is 5.56 Å². The first-order valence-corrected chi connectivity index (χ1v) is 5.95. The van der Waals surface area contributed by atoms with E-state index in [-0.39, 0.29) is 0 Å². The first kappa shape index (κ1) is 12.7. The lowest BCUT2D eigenvalue weighted by Gasteiger charge is -2.19. The molecule has 94 valence electrons. The number of pyridine rings is 1. The molecule has 0 saturated carbocycles. The SMILES string of the molecule is CN(Cc1ccc(Cl)cc1)c1ccnc(NN)c1. The van der Waals surface area contributed by atoms with Crippen LogP contribution in [-0.4, -0.2) is 12.0 Å². The monoisotopic (exact) mass is 262 g/mol. The highest BCUT2D eigenvalue weighted by Crippen LogP contribution is 2.18. The van der Waals surface area contributed by atoms with Gasteiger partial charge in [0.1, 0.15) is 5.82 Å². The Bertz CT molecular complexity index is 513. The van der Waals surface area contributed by atoms with Gasteiger partial charge in [0.2, 0.25) is 0 Å². The van der Waals surface area contributed by atoms with E-state index in [2.05, 4.69) is 15.3 Å². The molecule has 0 unspecified atom stereocenters. The molecule has 4 nitrogen and oxygen atoms in total. The molecule has 2 aromatic rings. The van der Waals surface area contributed by atoms with Crippen LogP contribution in [0.25, 0.3) is 0 Å². The van der Waals surface area contributed by atoms with Crippen LogP contribution >= 0.6 is 11.6 Å². The van der Waals surface area contributed by atoms with Crippen molar-refractivity contribution in [3.63, 3.8) is 0 Å². The molecule has 2 rings (SSSR count). The summed E-state index contributed by atoms with van der Waals surface area (Å²) >= 11 is 5.86. The predicted octanol–water partition coefficient (Wildman–Crippen LogP) is 2.66. The van der Waals surface area contributed by atoms with Gasteiger partial charge >= 0.3 is 0 Å². The zero-order valence-corrected chi connectivity index (χ0v) is 10.9. The maximum absolute atomic E-state index is 5.86. The average Bonchev–Trinajstić information content (AvgIpc) is 2.41. The van der Waals surface area contributed by atoms with Crippen molar-refractivity contribution in [2.75, 3.05) is 17.4 Å². The number of nitrogens with one attached hydrogen (secondary N) is 1. The van der Waals surface area contributed by atoms with E-state index in [1.54, 1.807) is 6.20 Å². The molecule has 0 saturated heterocycles. The van der Waals surface area contributed by atoms with E-state index in [9.17, 15) is 0 Å². The molecule has 0 aliphatic heterocycles. The van der Waals surface area contributed by atoms with E-state index in [4.69, 9.17) is 17.4 Å². The predicted molar refractivity (Wildman–Crippen MR) is 75.6 cm³/mol. The lowest BCUT2D eigenvalue weighted by atomic mass is 10.2. The summed E-state index contributed by atoms with van der Waals surface area (Å²) in [7, 11) is 2.02. The highest BCUT2D eigenvalue weighted by molar-refractivity contribution is 6.30. The van der Waals surface area contributed by atoms with E-state index in [1.807, 2.05) is 43.4 Å². The fraction of sp³-hybridized carbons (Fsp3) is 0.154. The van der Waals surface area contributed by atoms with Gasteiger partial charge in [0.15, 0.2) is 0 Å². The third-order valence-corrected chi connectivity index (χ3v) is 2.92. The molecule has 0 spiro atoms. The summed E-state index contributed by atoms with van der Waals surface area (Å²) in [5.41, 5.74) is 4.78. The Morgan fingerprint density at radius 3 is 2.67 bits per heavy atom. The maximum atomic E-state index is 5.86. The first-order valence-electron chi connectivity index (χ1n) is 5.57. The van der Waals surface area contributed by atoms with Gasteiger partial charge in [-0.1, -0.05) is 23.7 Å². The summed E-state index contributed by atoms with van der Waals surface area (Å²) < 4.78 is 0. The molecule has 0 aliphatic rings. The minimum atomic E-state index is 0.649. The maximum Gasteiger partial charge on any atom is 0.141 e. The molecule has 0 fully saturated rings. The molecule has 0 radical (unpaired) electrons. The first-order chi connectivity index (χ1) is 8.69. The molecular formula is C13H15ClN4. The minimum Gasteiger partial charge on any atom is -0.370 e. The Morgan fingerprint density at radius 1 is 1.28 bits per heavy atom. The third-order valence-electron chi connectivity index (χ3n) is 2.67. The van der Waals surface area contributed by atoms with Crippen molar-refractivity contribution in [1.29, 1.82) is 0 Å². The van der Waals surface area contributed by atoms with Crippen molar-refractivity contribution in [2.24, 2.45) is 5.84 Å². The number of rotatable bonds is 4. The normalized spacial score (nSPS) is 10.2. The summed E-state index contributed by atoms with van der Waals surface area (Å²) in [4.78, 5) is 6.20. The van der Waals surface area contributed by atoms with Gasteiger partial charge in [-0.25, -0.2) is 10.8 Å². The molecular weight excluding hydrogens is 248 g/mol. The van der Waals surface area contributed by atoms with Gasteiger partial charge in [-0.3, -0.25) is 0 Å². The number of nitrogen functional groups attached to an aromatic ring is 1. The van der Waals surface area contributed by atoms with Crippen molar-refractivity contribution in [1.82, 2.24) is 4.98 Å². The van der Waals surface area contributed by atoms with Crippen LogP contribution in [0.15, 0.2) is 42.6 Å². The van der Waals surface area contributed by atoms with Gasteiger partial charge in [0.05, 0.1) is 0 Å². The number of halogens is 1. The van der Waals surface area contributed by atoms with Crippen LogP contribution in [-0.2, 0) is 6.54 Å². The smallest absolute Gasteiger partial charge is 0.141 e. The van der Waals surface area contributed by atoms with Gasteiger partial charge in [-0.15, -0.1) is 0 Å². The topological polar surface area (TPSA) is 54.2 Å². The number of anilines is 2. The van der Waals surface area contributed by atoms with Crippen LogP contribution in [0.5, 0.6) is 0 Å². The largest absolute Gasteiger partial charge is 0.370 e. The van der Waals surface area contributed by atoms with Crippen molar-refractivity contribution in [2.45, 2.75) is 6.54 Å². The summed E-state index contributed by atoms with van der Waals surface area (Å²) in [6.07, 6.45) is 1.73. The Kier molecular flexibility index (Phi) is 4.02. The molecule has 0 bridgehead atoms. The van der Waals surface area contributed by atoms with Crippen LogP contribution in [0.4, 0.5) is 11.5 Å². The zero-order valence-electron chi connectivity index (χ0n) is 10.1. The fourth-order valence-electron chi connectivity index (χ4n) is 1.69. The van der Waals surface area contributed by atoms with E-state index in [0.717, 1.165) is 17.3 Å². The van der Waals surface area contributed by atoms with Crippen molar-refractivity contribution >= 4 is 23.1 Å². The lowest BCUT2D eigenvalue weighted by molar-refractivity contribution is 0.921. The van der Waals surface area contributed by atoms with E-state index < -0.39 is 0 Å². The fourth-order valence-corrected chi connectivity index (χ4v) is 1.82. The minimum absolute atomic E-state index is 0.649.